The van der Waals surface area contributed by atoms with Crippen LogP contribution in [0.1, 0.15) is 11.1 Å². The average molecular weight is 345 g/mol. The minimum absolute atomic E-state index is 0.159. The topological polar surface area (TPSA) is 48.5 Å². The van der Waals surface area contributed by atoms with Gasteiger partial charge in [0.05, 0.1) is 12.8 Å². The first-order valence-corrected chi connectivity index (χ1v) is 8.39. The van der Waals surface area contributed by atoms with E-state index in [4.69, 9.17) is 4.74 Å². The molecule has 5 nitrogen and oxygen atoms in total. The van der Waals surface area contributed by atoms with Crippen LogP contribution in [0.5, 0.6) is 5.75 Å². The summed E-state index contributed by atoms with van der Waals surface area (Å²) in [5, 5.41) is 0. The summed E-state index contributed by atoms with van der Waals surface area (Å²) in [5.41, 5.74) is 5.20. The first-order chi connectivity index (χ1) is 12.6. The van der Waals surface area contributed by atoms with E-state index in [1.54, 1.807) is 22.3 Å². The quantitative estimate of drug-likeness (QED) is 0.568. The predicted molar refractivity (Wildman–Crippen MR) is 102 cm³/mol. The first-order valence-electron chi connectivity index (χ1n) is 8.39. The van der Waals surface area contributed by atoms with E-state index in [9.17, 15) is 4.79 Å². The minimum atomic E-state index is -0.159. The molecule has 2 aromatic heterocycles. The highest BCUT2D eigenvalue weighted by Crippen LogP contribution is 2.23. The van der Waals surface area contributed by atoms with Gasteiger partial charge in [-0.05, 0) is 43.7 Å². The fourth-order valence-electron chi connectivity index (χ4n) is 3.16. The van der Waals surface area contributed by atoms with Gasteiger partial charge in [0.25, 0.3) is 5.56 Å². The van der Waals surface area contributed by atoms with Crippen molar-refractivity contribution in [2.45, 2.75) is 13.8 Å². The van der Waals surface area contributed by atoms with Gasteiger partial charge >= 0.3 is 0 Å². The molecule has 0 atom stereocenters. The highest BCUT2D eigenvalue weighted by molar-refractivity contribution is 5.66. The van der Waals surface area contributed by atoms with Crippen LogP contribution in [0, 0.1) is 13.8 Å². The predicted octanol–water partition coefficient (Wildman–Crippen LogP) is 3.78. The summed E-state index contributed by atoms with van der Waals surface area (Å²) in [5.74, 6) is 0.751. The van der Waals surface area contributed by atoms with E-state index in [-0.39, 0.29) is 5.56 Å². The Kier molecular flexibility index (Phi) is 3.84. The van der Waals surface area contributed by atoms with Crippen LogP contribution in [0.2, 0.25) is 0 Å². The number of benzene rings is 2. The summed E-state index contributed by atoms with van der Waals surface area (Å²) in [4.78, 5) is 17.5. The molecule has 130 valence electrons. The Morgan fingerprint density at radius 1 is 1.00 bits per heavy atom. The summed E-state index contributed by atoms with van der Waals surface area (Å²) in [6.45, 7) is 4.12. The standard InChI is InChI=1S/C21H19N3O2/c1-14-4-9-18(15(2)12-14)19-13-23-10-11-24(21(25)20(23)22-19)16-5-7-17(26-3)8-6-16/h4-13H,1-3H3. The minimum Gasteiger partial charge on any atom is -0.497 e. The van der Waals surface area contributed by atoms with Crippen molar-refractivity contribution in [3.63, 3.8) is 0 Å². The third-order valence-electron chi connectivity index (χ3n) is 4.53. The third-order valence-corrected chi connectivity index (χ3v) is 4.53. The molecular weight excluding hydrogens is 326 g/mol. The third kappa shape index (κ3) is 2.67. The summed E-state index contributed by atoms with van der Waals surface area (Å²) in [6, 6.07) is 13.6. The van der Waals surface area contributed by atoms with Gasteiger partial charge in [0.15, 0.2) is 0 Å². The van der Waals surface area contributed by atoms with Crippen molar-refractivity contribution in [3.05, 3.63) is 82.5 Å². The number of aromatic nitrogens is 3. The van der Waals surface area contributed by atoms with E-state index >= 15 is 0 Å². The molecule has 4 rings (SSSR count). The highest BCUT2D eigenvalue weighted by Gasteiger charge is 2.12. The summed E-state index contributed by atoms with van der Waals surface area (Å²) >= 11 is 0. The maximum atomic E-state index is 12.9. The second kappa shape index (κ2) is 6.19. The number of ether oxygens (including phenoxy) is 1. The smallest absolute Gasteiger partial charge is 0.298 e. The fraction of sp³-hybridized carbons (Fsp3) is 0.143. The number of nitrogens with zero attached hydrogens (tertiary/aromatic N) is 3. The number of fused-ring (bicyclic) bond motifs is 1. The van der Waals surface area contributed by atoms with Gasteiger partial charge in [-0.3, -0.25) is 9.36 Å². The average Bonchev–Trinajstić information content (AvgIpc) is 3.07. The lowest BCUT2D eigenvalue weighted by Gasteiger charge is -2.06. The van der Waals surface area contributed by atoms with Gasteiger partial charge in [-0.25, -0.2) is 4.98 Å². The van der Waals surface area contributed by atoms with Crippen molar-refractivity contribution < 1.29 is 4.74 Å². The second-order valence-electron chi connectivity index (χ2n) is 6.35. The van der Waals surface area contributed by atoms with E-state index in [0.717, 1.165) is 28.3 Å². The molecule has 0 amide bonds. The summed E-state index contributed by atoms with van der Waals surface area (Å²) in [6.07, 6.45) is 5.50. The van der Waals surface area contributed by atoms with Gasteiger partial charge in [0.2, 0.25) is 5.65 Å². The van der Waals surface area contributed by atoms with Crippen molar-refractivity contribution in [2.24, 2.45) is 0 Å². The Morgan fingerprint density at radius 2 is 1.77 bits per heavy atom. The van der Waals surface area contributed by atoms with Crippen LogP contribution >= 0.6 is 0 Å². The normalized spacial score (nSPS) is 11.0. The molecule has 2 aromatic carbocycles. The van der Waals surface area contributed by atoms with E-state index in [2.05, 4.69) is 37.0 Å². The molecule has 2 heterocycles. The maximum absolute atomic E-state index is 12.9. The zero-order chi connectivity index (χ0) is 18.3. The number of hydrogen-bond donors (Lipinski definition) is 0. The molecule has 0 saturated heterocycles. The molecule has 0 unspecified atom stereocenters. The summed E-state index contributed by atoms with van der Waals surface area (Å²) in [7, 11) is 1.62. The van der Waals surface area contributed by atoms with Gasteiger partial charge in [-0.2, -0.15) is 0 Å². The maximum Gasteiger partial charge on any atom is 0.298 e. The van der Waals surface area contributed by atoms with Crippen LogP contribution in [0.15, 0.2) is 65.8 Å². The van der Waals surface area contributed by atoms with Crippen molar-refractivity contribution in [1.82, 2.24) is 14.0 Å². The Bertz CT molecular complexity index is 1150. The van der Waals surface area contributed by atoms with Crippen LogP contribution in [0.3, 0.4) is 0 Å². The van der Waals surface area contributed by atoms with Gasteiger partial charge in [-0.15, -0.1) is 0 Å². The Balaban J connectivity index is 1.84. The lowest BCUT2D eigenvalue weighted by atomic mass is 10.0. The molecule has 5 heteroatoms. The Labute approximate surface area is 151 Å². The van der Waals surface area contributed by atoms with Crippen LogP contribution < -0.4 is 10.3 Å². The molecule has 0 N–H and O–H groups in total. The van der Waals surface area contributed by atoms with E-state index in [1.165, 1.54) is 5.56 Å². The monoisotopic (exact) mass is 345 g/mol. The molecule has 0 aliphatic rings. The summed E-state index contributed by atoms with van der Waals surface area (Å²) < 4.78 is 8.54. The van der Waals surface area contributed by atoms with Crippen LogP contribution in [-0.2, 0) is 0 Å². The first kappa shape index (κ1) is 16.1. The second-order valence-corrected chi connectivity index (χ2v) is 6.35. The van der Waals surface area contributed by atoms with E-state index in [0.29, 0.717) is 5.65 Å². The molecule has 0 saturated carbocycles. The van der Waals surface area contributed by atoms with Gasteiger partial charge in [0, 0.05) is 29.8 Å². The molecule has 0 aliphatic heterocycles. The number of imidazole rings is 1. The van der Waals surface area contributed by atoms with Gasteiger partial charge in [0.1, 0.15) is 5.75 Å². The van der Waals surface area contributed by atoms with Gasteiger partial charge in [-0.1, -0.05) is 23.8 Å². The molecule has 0 fully saturated rings. The zero-order valence-electron chi connectivity index (χ0n) is 14.9. The molecule has 0 aliphatic carbocycles. The number of rotatable bonds is 3. The molecular formula is C21H19N3O2. The largest absolute Gasteiger partial charge is 0.497 e. The Hall–Kier alpha value is -3.34. The lowest BCUT2D eigenvalue weighted by molar-refractivity contribution is 0.414. The molecule has 0 radical (unpaired) electrons. The van der Waals surface area contributed by atoms with Crippen LogP contribution in [0.4, 0.5) is 0 Å². The zero-order valence-corrected chi connectivity index (χ0v) is 14.9. The fourth-order valence-corrected chi connectivity index (χ4v) is 3.16. The number of aryl methyl sites for hydroxylation is 2. The van der Waals surface area contributed by atoms with Crippen LogP contribution in [0.25, 0.3) is 22.6 Å². The molecule has 0 bridgehead atoms. The molecule has 0 spiro atoms. The van der Waals surface area contributed by atoms with Crippen molar-refractivity contribution in [3.8, 4) is 22.7 Å². The number of hydrogen-bond acceptors (Lipinski definition) is 3. The van der Waals surface area contributed by atoms with E-state index in [1.807, 2.05) is 36.7 Å². The SMILES string of the molecule is COc1ccc(-n2ccn3cc(-c4ccc(C)cc4C)nc3c2=O)cc1. The Morgan fingerprint density at radius 3 is 2.46 bits per heavy atom. The van der Waals surface area contributed by atoms with Crippen molar-refractivity contribution in [2.75, 3.05) is 7.11 Å². The molecule has 26 heavy (non-hydrogen) atoms. The van der Waals surface area contributed by atoms with Gasteiger partial charge < -0.3 is 9.14 Å². The van der Waals surface area contributed by atoms with Crippen LogP contribution in [-0.4, -0.2) is 21.1 Å². The number of methoxy groups -OCH3 is 1. The van der Waals surface area contributed by atoms with Crippen molar-refractivity contribution >= 4 is 5.65 Å². The molecule has 4 aromatic rings. The van der Waals surface area contributed by atoms with E-state index < -0.39 is 0 Å². The van der Waals surface area contributed by atoms with Crippen molar-refractivity contribution in [1.29, 1.82) is 0 Å². The highest BCUT2D eigenvalue weighted by atomic mass is 16.5. The lowest BCUT2D eigenvalue weighted by Crippen LogP contribution is -2.19.